The van der Waals surface area contributed by atoms with E-state index in [2.05, 4.69) is 25.9 Å². The molecule has 2 rings (SSSR count). The monoisotopic (exact) mass is 318 g/mol. The summed E-state index contributed by atoms with van der Waals surface area (Å²) in [6.07, 6.45) is 1.15. The van der Waals surface area contributed by atoms with Crippen molar-refractivity contribution in [3.8, 4) is 11.6 Å². The fourth-order valence-corrected chi connectivity index (χ4v) is 1.57. The van der Waals surface area contributed by atoms with Gasteiger partial charge in [0.25, 0.3) is 5.56 Å². The summed E-state index contributed by atoms with van der Waals surface area (Å²) in [6, 6.07) is 3.90. The highest BCUT2D eigenvalue weighted by molar-refractivity contribution is 9.10. The van der Waals surface area contributed by atoms with E-state index in [0.29, 0.717) is 4.47 Å². The van der Waals surface area contributed by atoms with Crippen LogP contribution in [-0.2, 0) is 0 Å². The first-order valence-electron chi connectivity index (χ1n) is 4.44. The number of hydrogen-bond acceptors (Lipinski definition) is 3. The standard InChI is InChI=1S/C10H5BrClFN2O2/c11-6-2-1-5(13)3-7(6)17-10-8(12)9(16)14-4-15-10/h1-4H,(H,14,15,16). The number of halogens is 3. The van der Waals surface area contributed by atoms with Crippen molar-refractivity contribution in [2.45, 2.75) is 0 Å². The van der Waals surface area contributed by atoms with E-state index in [1.165, 1.54) is 12.1 Å². The van der Waals surface area contributed by atoms with Gasteiger partial charge in [0.2, 0.25) is 5.88 Å². The molecule has 0 atom stereocenters. The van der Waals surface area contributed by atoms with Crippen LogP contribution in [0.2, 0.25) is 5.02 Å². The van der Waals surface area contributed by atoms with Crippen LogP contribution in [0.25, 0.3) is 0 Å². The fourth-order valence-electron chi connectivity index (χ4n) is 1.10. The molecule has 0 fully saturated rings. The predicted molar refractivity (Wildman–Crippen MR) is 64.0 cm³/mol. The van der Waals surface area contributed by atoms with Gasteiger partial charge in [0.1, 0.15) is 11.6 Å². The molecule has 4 nitrogen and oxygen atoms in total. The summed E-state index contributed by atoms with van der Waals surface area (Å²) in [5.41, 5.74) is -0.524. The summed E-state index contributed by atoms with van der Waals surface area (Å²) in [5, 5.41) is -0.191. The number of hydrogen-bond donors (Lipinski definition) is 1. The van der Waals surface area contributed by atoms with Gasteiger partial charge < -0.3 is 9.72 Å². The Balaban J connectivity index is 2.41. The lowest BCUT2D eigenvalue weighted by atomic mass is 10.3. The first-order valence-corrected chi connectivity index (χ1v) is 5.61. The largest absolute Gasteiger partial charge is 0.436 e. The van der Waals surface area contributed by atoms with Crippen LogP contribution in [0.1, 0.15) is 0 Å². The molecule has 1 aromatic heterocycles. The van der Waals surface area contributed by atoms with Crippen molar-refractivity contribution < 1.29 is 9.13 Å². The molecule has 0 spiro atoms. The highest BCUT2D eigenvalue weighted by Gasteiger charge is 2.11. The zero-order chi connectivity index (χ0) is 12.4. The van der Waals surface area contributed by atoms with E-state index in [-0.39, 0.29) is 16.7 Å². The molecule has 0 bridgehead atoms. The topological polar surface area (TPSA) is 55.0 Å². The average Bonchev–Trinajstić information content (AvgIpc) is 2.30. The summed E-state index contributed by atoms with van der Waals surface area (Å²) in [4.78, 5) is 17.2. The van der Waals surface area contributed by atoms with Gasteiger partial charge in [0.05, 0.1) is 10.8 Å². The van der Waals surface area contributed by atoms with Crippen LogP contribution in [0, 0.1) is 5.82 Å². The van der Waals surface area contributed by atoms with E-state index in [1.807, 2.05) is 0 Å². The number of aromatic amines is 1. The lowest BCUT2D eigenvalue weighted by Crippen LogP contribution is -2.08. The summed E-state index contributed by atoms with van der Waals surface area (Å²) >= 11 is 8.88. The van der Waals surface area contributed by atoms with Gasteiger partial charge in [-0.1, -0.05) is 11.6 Å². The fraction of sp³-hybridized carbons (Fsp3) is 0. The maximum atomic E-state index is 13.0. The van der Waals surface area contributed by atoms with E-state index in [4.69, 9.17) is 16.3 Å². The maximum Gasteiger partial charge on any atom is 0.273 e. The number of ether oxygens (including phenoxy) is 1. The Kier molecular flexibility index (Phi) is 3.44. The molecule has 0 aliphatic rings. The smallest absolute Gasteiger partial charge is 0.273 e. The van der Waals surface area contributed by atoms with Crippen molar-refractivity contribution in [2.75, 3.05) is 0 Å². The number of nitrogens with one attached hydrogen (secondary N) is 1. The zero-order valence-corrected chi connectivity index (χ0v) is 10.5. The van der Waals surface area contributed by atoms with E-state index >= 15 is 0 Å². The predicted octanol–water partition coefficient (Wildman–Crippen LogP) is 3.12. The van der Waals surface area contributed by atoms with Crippen molar-refractivity contribution in [3.63, 3.8) is 0 Å². The molecular weight excluding hydrogens is 314 g/mol. The van der Waals surface area contributed by atoms with Crippen LogP contribution in [0.15, 0.2) is 33.8 Å². The van der Waals surface area contributed by atoms with E-state index < -0.39 is 11.4 Å². The average molecular weight is 320 g/mol. The number of rotatable bonds is 2. The van der Waals surface area contributed by atoms with Gasteiger partial charge in [-0.05, 0) is 28.1 Å². The molecule has 88 valence electrons. The minimum absolute atomic E-state index is 0.0817. The molecule has 0 amide bonds. The number of benzene rings is 1. The first kappa shape index (κ1) is 12.1. The van der Waals surface area contributed by atoms with Crippen LogP contribution in [0.5, 0.6) is 11.6 Å². The lowest BCUT2D eigenvalue weighted by molar-refractivity contribution is 0.453. The minimum Gasteiger partial charge on any atom is -0.436 e. The third-order valence-electron chi connectivity index (χ3n) is 1.86. The second kappa shape index (κ2) is 4.85. The molecule has 0 aliphatic heterocycles. The van der Waals surface area contributed by atoms with Crippen molar-refractivity contribution in [3.05, 3.63) is 50.2 Å². The Bertz CT molecular complexity index is 617. The molecule has 0 saturated heterocycles. The SMILES string of the molecule is O=c1[nH]cnc(Oc2cc(F)ccc2Br)c1Cl. The molecular formula is C10H5BrClFN2O2. The Morgan fingerprint density at radius 1 is 1.47 bits per heavy atom. The van der Waals surface area contributed by atoms with Crippen LogP contribution in [-0.4, -0.2) is 9.97 Å². The van der Waals surface area contributed by atoms with Gasteiger partial charge in [-0.15, -0.1) is 0 Å². The normalized spacial score (nSPS) is 10.3. The minimum atomic E-state index is -0.524. The Labute approximate surface area is 109 Å². The molecule has 0 radical (unpaired) electrons. The summed E-state index contributed by atoms with van der Waals surface area (Å²) in [5.74, 6) is -0.365. The summed E-state index contributed by atoms with van der Waals surface area (Å²) in [7, 11) is 0. The van der Waals surface area contributed by atoms with Gasteiger partial charge in [0.15, 0.2) is 5.02 Å². The molecule has 1 N–H and O–H groups in total. The second-order valence-electron chi connectivity index (χ2n) is 3.03. The van der Waals surface area contributed by atoms with Crippen LogP contribution < -0.4 is 10.3 Å². The molecule has 0 unspecified atom stereocenters. The Morgan fingerprint density at radius 3 is 3.00 bits per heavy atom. The van der Waals surface area contributed by atoms with E-state index in [9.17, 15) is 9.18 Å². The third-order valence-corrected chi connectivity index (χ3v) is 2.85. The zero-order valence-electron chi connectivity index (χ0n) is 8.21. The highest BCUT2D eigenvalue weighted by Crippen LogP contribution is 2.31. The third kappa shape index (κ3) is 2.65. The molecule has 2 aromatic rings. The Hall–Kier alpha value is -1.40. The molecule has 17 heavy (non-hydrogen) atoms. The van der Waals surface area contributed by atoms with E-state index in [0.717, 1.165) is 12.4 Å². The summed E-state index contributed by atoms with van der Waals surface area (Å²) in [6.45, 7) is 0. The van der Waals surface area contributed by atoms with Crippen molar-refractivity contribution in [2.24, 2.45) is 0 Å². The van der Waals surface area contributed by atoms with Crippen LogP contribution >= 0.6 is 27.5 Å². The summed E-state index contributed by atoms with van der Waals surface area (Å²) < 4.78 is 18.8. The number of nitrogens with zero attached hydrogens (tertiary/aromatic N) is 1. The highest BCUT2D eigenvalue weighted by atomic mass is 79.9. The second-order valence-corrected chi connectivity index (χ2v) is 4.26. The van der Waals surface area contributed by atoms with Crippen LogP contribution in [0.4, 0.5) is 4.39 Å². The number of H-pyrrole nitrogens is 1. The first-order chi connectivity index (χ1) is 8.08. The molecule has 0 saturated carbocycles. The van der Waals surface area contributed by atoms with E-state index in [1.54, 1.807) is 0 Å². The van der Waals surface area contributed by atoms with Crippen molar-refractivity contribution >= 4 is 27.5 Å². The molecule has 1 aromatic carbocycles. The Morgan fingerprint density at radius 2 is 2.24 bits per heavy atom. The van der Waals surface area contributed by atoms with Gasteiger partial charge >= 0.3 is 0 Å². The van der Waals surface area contributed by atoms with Crippen molar-refractivity contribution in [1.82, 2.24) is 9.97 Å². The maximum absolute atomic E-state index is 13.0. The quantitative estimate of drug-likeness (QED) is 0.925. The number of aromatic nitrogens is 2. The van der Waals surface area contributed by atoms with Gasteiger partial charge in [-0.25, -0.2) is 9.37 Å². The molecule has 0 aliphatic carbocycles. The molecule has 7 heteroatoms. The van der Waals surface area contributed by atoms with Crippen molar-refractivity contribution in [1.29, 1.82) is 0 Å². The lowest BCUT2D eigenvalue weighted by Gasteiger charge is -2.07. The molecule has 1 heterocycles. The van der Waals surface area contributed by atoms with Gasteiger partial charge in [-0.2, -0.15) is 0 Å². The van der Waals surface area contributed by atoms with Gasteiger partial charge in [0, 0.05) is 6.07 Å². The van der Waals surface area contributed by atoms with Crippen LogP contribution in [0.3, 0.4) is 0 Å². The van der Waals surface area contributed by atoms with Gasteiger partial charge in [-0.3, -0.25) is 4.79 Å².